The molecule has 0 bridgehead atoms. The second-order valence-electron chi connectivity index (χ2n) is 8.06. The number of benzene rings is 2. The first-order chi connectivity index (χ1) is 15.5. The fourth-order valence-electron chi connectivity index (χ4n) is 4.09. The lowest BCUT2D eigenvalue weighted by Crippen LogP contribution is -2.01. The van der Waals surface area contributed by atoms with Crippen LogP contribution in [0.15, 0.2) is 60.7 Å². The molecule has 2 aromatic heterocycles. The summed E-state index contributed by atoms with van der Waals surface area (Å²) in [7, 11) is 0. The molecule has 0 fully saturated rings. The number of halogens is 1. The van der Waals surface area contributed by atoms with Gasteiger partial charge in [0.1, 0.15) is 0 Å². The first-order valence-corrected chi connectivity index (χ1v) is 12.4. The smallest absolute Gasteiger partial charge is 0.0705 e. The normalized spacial score (nSPS) is 11.2. The molecule has 32 heavy (non-hydrogen) atoms. The molecular formula is C28H29ClN2S. The first-order valence-electron chi connectivity index (χ1n) is 11.2. The van der Waals surface area contributed by atoms with Crippen LogP contribution >= 0.6 is 22.9 Å². The van der Waals surface area contributed by atoms with Gasteiger partial charge >= 0.3 is 0 Å². The number of aryl methyl sites for hydroxylation is 3. The van der Waals surface area contributed by atoms with Gasteiger partial charge in [-0.05, 0) is 54.7 Å². The highest BCUT2D eigenvalue weighted by atomic mass is 35.5. The average molecular weight is 461 g/mol. The SMILES string of the molecule is CCCc1sc(-c2cccc(-c3cccc(-c4ccc(CN)c(C)n4)c3)c2Cl)cc1CC. The van der Waals surface area contributed by atoms with Gasteiger partial charge in [0, 0.05) is 38.7 Å². The van der Waals surface area contributed by atoms with Crippen LogP contribution in [0.5, 0.6) is 0 Å². The number of nitrogens with zero attached hydrogens (tertiary/aromatic N) is 1. The summed E-state index contributed by atoms with van der Waals surface area (Å²) in [6.45, 7) is 6.97. The predicted octanol–water partition coefficient (Wildman–Crippen LogP) is 8.08. The molecule has 4 heteroatoms. The van der Waals surface area contributed by atoms with Gasteiger partial charge in [-0.3, -0.25) is 4.98 Å². The molecule has 4 rings (SSSR count). The second kappa shape index (κ2) is 9.99. The van der Waals surface area contributed by atoms with E-state index in [0.717, 1.165) is 63.5 Å². The summed E-state index contributed by atoms with van der Waals surface area (Å²) in [6.07, 6.45) is 3.34. The Labute approximate surface area is 200 Å². The van der Waals surface area contributed by atoms with Crippen molar-refractivity contribution in [1.82, 2.24) is 4.98 Å². The molecule has 4 aromatic rings. The molecule has 2 aromatic carbocycles. The Hall–Kier alpha value is -2.46. The van der Waals surface area contributed by atoms with Crippen LogP contribution in [0.3, 0.4) is 0 Å². The van der Waals surface area contributed by atoms with Crippen molar-refractivity contribution in [3.05, 3.63) is 87.4 Å². The van der Waals surface area contributed by atoms with Crippen LogP contribution in [0.25, 0.3) is 32.8 Å². The van der Waals surface area contributed by atoms with Crippen molar-refractivity contribution in [3.8, 4) is 32.8 Å². The molecule has 0 amide bonds. The van der Waals surface area contributed by atoms with Crippen LogP contribution in [0, 0.1) is 6.92 Å². The number of pyridine rings is 1. The van der Waals surface area contributed by atoms with Crippen molar-refractivity contribution in [2.24, 2.45) is 5.73 Å². The van der Waals surface area contributed by atoms with Gasteiger partial charge in [-0.25, -0.2) is 0 Å². The van der Waals surface area contributed by atoms with E-state index in [1.165, 1.54) is 15.3 Å². The van der Waals surface area contributed by atoms with Crippen molar-refractivity contribution in [1.29, 1.82) is 0 Å². The third-order valence-corrected chi connectivity index (χ3v) is 7.58. The van der Waals surface area contributed by atoms with Crippen LogP contribution in [-0.4, -0.2) is 4.98 Å². The Morgan fingerprint density at radius 1 is 0.906 bits per heavy atom. The standard InChI is InChI=1S/C28H29ClN2S/c1-4-8-26-19(5-2)16-27(32-26)24-12-7-11-23(28(24)29)20-9-6-10-21(15-20)25-14-13-22(17-30)18(3)31-25/h6-7,9-16H,4-5,8,17,30H2,1-3H3. The van der Waals surface area contributed by atoms with Gasteiger partial charge in [-0.2, -0.15) is 0 Å². The molecule has 164 valence electrons. The Bertz CT molecular complexity index is 1240. The van der Waals surface area contributed by atoms with Gasteiger partial charge in [0.05, 0.1) is 10.7 Å². The van der Waals surface area contributed by atoms with Crippen LogP contribution in [0.2, 0.25) is 5.02 Å². The summed E-state index contributed by atoms with van der Waals surface area (Å²) in [5.74, 6) is 0. The fraction of sp³-hybridized carbons (Fsp3) is 0.250. The molecular weight excluding hydrogens is 432 g/mol. The molecule has 0 unspecified atom stereocenters. The largest absolute Gasteiger partial charge is 0.326 e. The maximum atomic E-state index is 7.00. The molecule has 0 aliphatic heterocycles. The van der Waals surface area contributed by atoms with Gasteiger partial charge in [0.25, 0.3) is 0 Å². The third kappa shape index (κ3) is 4.52. The van der Waals surface area contributed by atoms with Gasteiger partial charge in [0.15, 0.2) is 0 Å². The summed E-state index contributed by atoms with van der Waals surface area (Å²) in [5, 5.41) is 0.805. The first kappa shape index (κ1) is 22.7. The van der Waals surface area contributed by atoms with Gasteiger partial charge in [-0.15, -0.1) is 11.3 Å². The second-order valence-corrected chi connectivity index (χ2v) is 9.57. The highest BCUT2D eigenvalue weighted by Crippen LogP contribution is 2.41. The molecule has 2 N–H and O–H groups in total. The van der Waals surface area contributed by atoms with Crippen molar-refractivity contribution in [3.63, 3.8) is 0 Å². The van der Waals surface area contributed by atoms with E-state index in [-0.39, 0.29) is 0 Å². The summed E-state index contributed by atoms with van der Waals surface area (Å²) >= 11 is 8.88. The lowest BCUT2D eigenvalue weighted by Gasteiger charge is -2.11. The van der Waals surface area contributed by atoms with Gasteiger partial charge in [-0.1, -0.05) is 74.3 Å². The Morgan fingerprint density at radius 3 is 2.38 bits per heavy atom. The number of hydrogen-bond acceptors (Lipinski definition) is 3. The lowest BCUT2D eigenvalue weighted by molar-refractivity contribution is 0.921. The summed E-state index contributed by atoms with van der Waals surface area (Å²) in [4.78, 5) is 7.50. The summed E-state index contributed by atoms with van der Waals surface area (Å²) < 4.78 is 0. The Kier molecular flexibility index (Phi) is 7.10. The number of nitrogens with two attached hydrogens (primary N) is 1. The number of hydrogen-bond donors (Lipinski definition) is 1. The van der Waals surface area contributed by atoms with Crippen LogP contribution in [-0.2, 0) is 19.4 Å². The van der Waals surface area contributed by atoms with Crippen LogP contribution < -0.4 is 5.73 Å². The van der Waals surface area contributed by atoms with Crippen molar-refractivity contribution >= 4 is 22.9 Å². The Morgan fingerprint density at radius 2 is 1.66 bits per heavy atom. The van der Waals surface area contributed by atoms with E-state index in [1.54, 1.807) is 0 Å². The fourth-order valence-corrected chi connectivity index (χ4v) is 5.87. The highest BCUT2D eigenvalue weighted by molar-refractivity contribution is 7.15. The molecule has 0 radical (unpaired) electrons. The van der Waals surface area contributed by atoms with Gasteiger partial charge < -0.3 is 5.73 Å². The minimum absolute atomic E-state index is 0.504. The molecule has 0 atom stereocenters. The average Bonchev–Trinajstić information content (AvgIpc) is 3.22. The van der Waals surface area contributed by atoms with E-state index in [0.29, 0.717) is 6.54 Å². The summed E-state index contributed by atoms with van der Waals surface area (Å²) in [6, 6.07) is 21.2. The van der Waals surface area contributed by atoms with Crippen molar-refractivity contribution in [2.75, 3.05) is 0 Å². The molecule has 0 saturated carbocycles. The van der Waals surface area contributed by atoms with Crippen LogP contribution in [0.1, 0.15) is 42.0 Å². The number of rotatable bonds is 7. The van der Waals surface area contributed by atoms with Crippen molar-refractivity contribution in [2.45, 2.75) is 46.6 Å². The molecule has 0 aliphatic rings. The van der Waals surface area contributed by atoms with E-state index in [9.17, 15) is 0 Å². The maximum Gasteiger partial charge on any atom is 0.0705 e. The highest BCUT2D eigenvalue weighted by Gasteiger charge is 2.15. The molecule has 0 saturated heterocycles. The quantitative estimate of drug-likeness (QED) is 0.302. The predicted molar refractivity (Wildman–Crippen MR) is 139 cm³/mol. The molecule has 2 nitrogen and oxygen atoms in total. The van der Waals surface area contributed by atoms with Crippen LogP contribution in [0.4, 0.5) is 0 Å². The molecule has 0 spiro atoms. The summed E-state index contributed by atoms with van der Waals surface area (Å²) in [5.41, 5.74) is 14.6. The number of thiophene rings is 1. The monoisotopic (exact) mass is 460 g/mol. The van der Waals surface area contributed by atoms with Crippen molar-refractivity contribution < 1.29 is 0 Å². The molecule has 2 heterocycles. The third-order valence-electron chi connectivity index (χ3n) is 5.90. The van der Waals surface area contributed by atoms with E-state index >= 15 is 0 Å². The Balaban J connectivity index is 1.74. The minimum Gasteiger partial charge on any atom is -0.326 e. The molecule has 0 aliphatic carbocycles. The topological polar surface area (TPSA) is 38.9 Å². The zero-order valence-electron chi connectivity index (χ0n) is 18.9. The minimum atomic E-state index is 0.504. The van der Waals surface area contributed by atoms with E-state index < -0.39 is 0 Å². The number of aromatic nitrogens is 1. The van der Waals surface area contributed by atoms with E-state index in [2.05, 4.69) is 68.4 Å². The maximum absolute atomic E-state index is 7.00. The van der Waals surface area contributed by atoms with E-state index in [4.69, 9.17) is 22.3 Å². The zero-order valence-corrected chi connectivity index (χ0v) is 20.5. The van der Waals surface area contributed by atoms with E-state index in [1.807, 2.05) is 24.3 Å². The zero-order chi connectivity index (χ0) is 22.7. The van der Waals surface area contributed by atoms with Gasteiger partial charge in [0.2, 0.25) is 0 Å². The lowest BCUT2D eigenvalue weighted by atomic mass is 9.98.